The molecule has 0 unspecified atom stereocenters. The molecular weight excluding hydrogens is 140 g/mol. The van der Waals surface area contributed by atoms with E-state index in [2.05, 4.69) is 6.92 Å². The number of Topliss-reactive ketones (excluding diaryl/α,β-unsaturated/α-hetero) is 1. The van der Waals surface area contributed by atoms with Gasteiger partial charge in [0.25, 0.3) is 0 Å². The van der Waals surface area contributed by atoms with Gasteiger partial charge in [0.05, 0.1) is 6.10 Å². The molecule has 2 atom stereocenters. The first-order valence-electron chi connectivity index (χ1n) is 4.44. The summed E-state index contributed by atoms with van der Waals surface area (Å²) in [6, 6.07) is 0. The van der Waals surface area contributed by atoms with E-state index in [4.69, 9.17) is 4.74 Å². The highest BCUT2D eigenvalue weighted by molar-refractivity contribution is 5.89. The number of carbonyl (C=O) groups is 1. The molecule has 1 saturated carbocycles. The van der Waals surface area contributed by atoms with Gasteiger partial charge >= 0.3 is 0 Å². The van der Waals surface area contributed by atoms with Crippen molar-refractivity contribution >= 4 is 5.78 Å². The lowest BCUT2D eigenvalue weighted by molar-refractivity contribution is -0.137. The van der Waals surface area contributed by atoms with Crippen LogP contribution in [0.4, 0.5) is 0 Å². The molecular formula is C9H14O2. The predicted molar refractivity (Wildman–Crippen MR) is 41.4 cm³/mol. The van der Waals surface area contributed by atoms with Crippen LogP contribution in [-0.2, 0) is 9.53 Å². The minimum absolute atomic E-state index is 0.303. The van der Waals surface area contributed by atoms with Crippen molar-refractivity contribution in [2.75, 3.05) is 0 Å². The monoisotopic (exact) mass is 154 g/mol. The Bertz CT molecular complexity index is 188. The van der Waals surface area contributed by atoms with Crippen molar-refractivity contribution in [2.45, 2.75) is 50.7 Å². The van der Waals surface area contributed by atoms with Crippen LogP contribution in [-0.4, -0.2) is 17.5 Å². The molecule has 0 radical (unpaired) electrons. The fraction of sp³-hybridized carbons (Fsp3) is 0.889. The highest BCUT2D eigenvalue weighted by Gasteiger charge is 2.47. The Balaban J connectivity index is 2.16. The predicted octanol–water partition coefficient (Wildman–Crippen LogP) is 1.68. The second-order valence-electron chi connectivity index (χ2n) is 3.74. The minimum atomic E-state index is -0.320. The van der Waals surface area contributed by atoms with Gasteiger partial charge in [-0.25, -0.2) is 0 Å². The molecule has 1 heterocycles. The van der Waals surface area contributed by atoms with E-state index < -0.39 is 0 Å². The van der Waals surface area contributed by atoms with Crippen molar-refractivity contribution < 1.29 is 9.53 Å². The number of rotatable bonds is 0. The molecule has 0 amide bonds. The number of carbonyl (C=O) groups excluding carboxylic acids is 1. The standard InChI is InChI=1S/C9H14O2/c1-7-4-6-9(11-7)5-2-3-8(9)10/h7H,2-6H2,1H3/t7-,9-/m1/s1. The molecule has 0 bridgehead atoms. The average Bonchev–Trinajstić information content (AvgIpc) is 2.46. The van der Waals surface area contributed by atoms with Crippen molar-refractivity contribution in [3.63, 3.8) is 0 Å². The van der Waals surface area contributed by atoms with Gasteiger partial charge in [-0.2, -0.15) is 0 Å². The van der Waals surface area contributed by atoms with E-state index in [0.29, 0.717) is 11.9 Å². The van der Waals surface area contributed by atoms with Gasteiger partial charge in [-0.1, -0.05) is 0 Å². The van der Waals surface area contributed by atoms with E-state index in [0.717, 1.165) is 32.1 Å². The SMILES string of the molecule is C[C@@H]1CC[C@@]2(CCCC2=O)O1. The first kappa shape index (κ1) is 7.29. The Morgan fingerprint density at radius 2 is 2.36 bits per heavy atom. The van der Waals surface area contributed by atoms with Gasteiger partial charge < -0.3 is 4.74 Å². The third-order valence-corrected chi connectivity index (χ3v) is 2.87. The summed E-state index contributed by atoms with van der Waals surface area (Å²) in [5.41, 5.74) is -0.320. The topological polar surface area (TPSA) is 26.3 Å². The summed E-state index contributed by atoms with van der Waals surface area (Å²) in [5, 5.41) is 0. The summed E-state index contributed by atoms with van der Waals surface area (Å²) in [7, 11) is 0. The Hall–Kier alpha value is -0.370. The second-order valence-corrected chi connectivity index (χ2v) is 3.74. The van der Waals surface area contributed by atoms with Crippen LogP contribution in [0.25, 0.3) is 0 Å². The Kier molecular flexibility index (Phi) is 1.53. The quantitative estimate of drug-likeness (QED) is 0.530. The average molecular weight is 154 g/mol. The largest absolute Gasteiger partial charge is 0.364 e. The minimum Gasteiger partial charge on any atom is -0.364 e. The number of hydrogen-bond donors (Lipinski definition) is 0. The number of hydrogen-bond acceptors (Lipinski definition) is 2. The number of ether oxygens (including phenoxy) is 1. The van der Waals surface area contributed by atoms with Crippen molar-refractivity contribution in [1.29, 1.82) is 0 Å². The summed E-state index contributed by atoms with van der Waals surface area (Å²) in [4.78, 5) is 11.4. The Morgan fingerprint density at radius 1 is 1.55 bits per heavy atom. The fourth-order valence-electron chi connectivity index (χ4n) is 2.23. The zero-order chi connectivity index (χ0) is 7.90. The van der Waals surface area contributed by atoms with Crippen LogP contribution in [0.1, 0.15) is 39.0 Å². The first-order valence-corrected chi connectivity index (χ1v) is 4.44. The molecule has 1 saturated heterocycles. The molecule has 1 aliphatic carbocycles. The van der Waals surface area contributed by atoms with Crippen LogP contribution >= 0.6 is 0 Å². The van der Waals surface area contributed by atoms with Gasteiger partial charge in [0.1, 0.15) is 5.60 Å². The van der Waals surface area contributed by atoms with Gasteiger partial charge in [-0.05, 0) is 32.6 Å². The first-order chi connectivity index (χ1) is 5.23. The maximum Gasteiger partial charge on any atom is 0.164 e. The van der Waals surface area contributed by atoms with Crippen LogP contribution < -0.4 is 0 Å². The Labute approximate surface area is 66.9 Å². The zero-order valence-electron chi connectivity index (χ0n) is 6.93. The van der Waals surface area contributed by atoms with E-state index in [1.807, 2.05) is 0 Å². The van der Waals surface area contributed by atoms with Crippen molar-refractivity contribution in [1.82, 2.24) is 0 Å². The van der Waals surface area contributed by atoms with E-state index >= 15 is 0 Å². The highest BCUT2D eigenvalue weighted by atomic mass is 16.5. The van der Waals surface area contributed by atoms with Gasteiger partial charge in [0.15, 0.2) is 5.78 Å². The van der Waals surface area contributed by atoms with Gasteiger partial charge in [-0.15, -0.1) is 0 Å². The lowest BCUT2D eigenvalue weighted by Crippen LogP contribution is -2.33. The third kappa shape index (κ3) is 1.00. The second kappa shape index (κ2) is 2.31. The third-order valence-electron chi connectivity index (χ3n) is 2.87. The lowest BCUT2D eigenvalue weighted by atomic mass is 9.97. The summed E-state index contributed by atoms with van der Waals surface area (Å²) in [6.07, 6.45) is 5.07. The van der Waals surface area contributed by atoms with Gasteiger partial charge in [0, 0.05) is 6.42 Å². The van der Waals surface area contributed by atoms with E-state index in [9.17, 15) is 4.79 Å². The molecule has 2 nitrogen and oxygen atoms in total. The van der Waals surface area contributed by atoms with Crippen LogP contribution in [0.2, 0.25) is 0 Å². The molecule has 2 rings (SSSR count). The van der Waals surface area contributed by atoms with E-state index in [1.54, 1.807) is 0 Å². The molecule has 1 spiro atoms. The smallest absolute Gasteiger partial charge is 0.164 e. The molecule has 2 fully saturated rings. The molecule has 2 aliphatic rings. The van der Waals surface area contributed by atoms with E-state index in [-0.39, 0.29) is 5.60 Å². The molecule has 0 aromatic rings. The van der Waals surface area contributed by atoms with Crippen LogP contribution in [0.3, 0.4) is 0 Å². The van der Waals surface area contributed by atoms with E-state index in [1.165, 1.54) is 0 Å². The van der Waals surface area contributed by atoms with Crippen LogP contribution in [0.5, 0.6) is 0 Å². The molecule has 0 N–H and O–H groups in total. The summed E-state index contributed by atoms with van der Waals surface area (Å²) in [5.74, 6) is 0.349. The normalized spacial score (nSPS) is 44.1. The van der Waals surface area contributed by atoms with Crippen molar-refractivity contribution in [3.8, 4) is 0 Å². The van der Waals surface area contributed by atoms with Crippen molar-refractivity contribution in [2.24, 2.45) is 0 Å². The maximum atomic E-state index is 11.4. The number of ketones is 1. The van der Waals surface area contributed by atoms with Crippen molar-refractivity contribution in [3.05, 3.63) is 0 Å². The van der Waals surface area contributed by atoms with Gasteiger partial charge in [0.2, 0.25) is 0 Å². The van der Waals surface area contributed by atoms with Gasteiger partial charge in [-0.3, -0.25) is 4.79 Å². The fourth-order valence-corrected chi connectivity index (χ4v) is 2.23. The zero-order valence-corrected chi connectivity index (χ0v) is 6.93. The summed E-state index contributed by atoms with van der Waals surface area (Å²) >= 11 is 0. The summed E-state index contributed by atoms with van der Waals surface area (Å²) < 4.78 is 5.67. The molecule has 11 heavy (non-hydrogen) atoms. The molecule has 62 valence electrons. The van der Waals surface area contributed by atoms with Crippen LogP contribution in [0, 0.1) is 0 Å². The molecule has 0 aromatic heterocycles. The lowest BCUT2D eigenvalue weighted by Gasteiger charge is -2.20. The maximum absolute atomic E-state index is 11.4. The Morgan fingerprint density at radius 3 is 2.82 bits per heavy atom. The van der Waals surface area contributed by atoms with Crippen LogP contribution in [0.15, 0.2) is 0 Å². The molecule has 0 aromatic carbocycles. The highest BCUT2D eigenvalue weighted by Crippen LogP contribution is 2.40. The molecule has 1 aliphatic heterocycles. The molecule has 2 heteroatoms. The summed E-state index contributed by atoms with van der Waals surface area (Å²) in [6.45, 7) is 2.06.